The highest BCUT2D eigenvalue weighted by Crippen LogP contribution is 2.29. The second-order valence-corrected chi connectivity index (χ2v) is 5.88. The van der Waals surface area contributed by atoms with Crippen molar-refractivity contribution >= 4 is 11.0 Å². The van der Waals surface area contributed by atoms with Crippen LogP contribution in [0.4, 0.5) is 0 Å². The van der Waals surface area contributed by atoms with E-state index in [1.165, 1.54) is 12.3 Å². The number of nitrogens with zero attached hydrogens (tertiary/aromatic N) is 1. The number of rotatable bonds is 4. The summed E-state index contributed by atoms with van der Waals surface area (Å²) in [4.78, 5) is 14.8. The molecule has 124 valence electrons. The fourth-order valence-electron chi connectivity index (χ4n) is 2.69. The largest absolute Gasteiger partial charge is 0.507 e. The topological polar surface area (TPSA) is 62.9 Å². The van der Waals surface area contributed by atoms with E-state index in [1.54, 1.807) is 25.3 Å². The van der Waals surface area contributed by atoms with Gasteiger partial charge in [0.25, 0.3) is 0 Å². The van der Waals surface area contributed by atoms with Crippen LogP contribution in [-0.2, 0) is 6.54 Å². The zero-order valence-electron chi connectivity index (χ0n) is 13.9. The van der Waals surface area contributed by atoms with Gasteiger partial charge in [0, 0.05) is 6.54 Å². The summed E-state index contributed by atoms with van der Waals surface area (Å²) in [6.45, 7) is 0.480. The lowest BCUT2D eigenvalue weighted by Gasteiger charge is -2.13. The summed E-state index contributed by atoms with van der Waals surface area (Å²) >= 11 is 0. The molecule has 24 heavy (non-hydrogen) atoms. The maximum atomic E-state index is 12.8. The Kier molecular flexibility index (Phi) is 4.27. The fourth-order valence-corrected chi connectivity index (χ4v) is 2.69. The molecule has 5 nitrogen and oxygen atoms in total. The Labute approximate surface area is 139 Å². The second-order valence-electron chi connectivity index (χ2n) is 5.88. The molecule has 0 aliphatic rings. The first-order valence-corrected chi connectivity index (χ1v) is 7.56. The summed E-state index contributed by atoms with van der Waals surface area (Å²) < 4.78 is 10.9. The highest BCUT2D eigenvalue weighted by molar-refractivity contribution is 5.85. The lowest BCUT2D eigenvalue weighted by molar-refractivity contribution is 0.384. The molecule has 1 heterocycles. The van der Waals surface area contributed by atoms with Gasteiger partial charge < -0.3 is 19.2 Å². The van der Waals surface area contributed by atoms with Gasteiger partial charge in [0.05, 0.1) is 23.6 Å². The predicted octanol–water partition coefficient (Wildman–Crippen LogP) is 3.24. The van der Waals surface area contributed by atoms with Gasteiger partial charge in [-0.1, -0.05) is 12.1 Å². The van der Waals surface area contributed by atoms with Crippen LogP contribution in [0, 0.1) is 0 Å². The average molecular weight is 325 g/mol. The molecule has 0 bridgehead atoms. The first-order valence-electron chi connectivity index (χ1n) is 7.56. The van der Waals surface area contributed by atoms with E-state index >= 15 is 0 Å². The maximum Gasteiger partial charge on any atom is 0.200 e. The van der Waals surface area contributed by atoms with Gasteiger partial charge >= 0.3 is 0 Å². The van der Waals surface area contributed by atoms with E-state index in [-0.39, 0.29) is 11.2 Å². The van der Waals surface area contributed by atoms with Crippen molar-refractivity contribution in [1.29, 1.82) is 0 Å². The lowest BCUT2D eigenvalue weighted by atomic mass is 10.0. The molecule has 2 aromatic carbocycles. The van der Waals surface area contributed by atoms with Crippen LogP contribution >= 0.6 is 0 Å². The minimum atomic E-state index is -0.124. The van der Waals surface area contributed by atoms with Crippen LogP contribution in [0.2, 0.25) is 0 Å². The van der Waals surface area contributed by atoms with Crippen LogP contribution in [-0.4, -0.2) is 31.2 Å². The van der Waals surface area contributed by atoms with Crippen LogP contribution in [0.25, 0.3) is 22.1 Å². The Bertz CT molecular complexity index is 926. The van der Waals surface area contributed by atoms with Crippen molar-refractivity contribution in [2.45, 2.75) is 6.54 Å². The molecule has 3 rings (SSSR count). The summed E-state index contributed by atoms with van der Waals surface area (Å²) in [6, 6.07) is 10.4. The van der Waals surface area contributed by atoms with Gasteiger partial charge in [-0.25, -0.2) is 0 Å². The van der Waals surface area contributed by atoms with Gasteiger partial charge in [-0.15, -0.1) is 0 Å². The van der Waals surface area contributed by atoms with Crippen LogP contribution in [0.1, 0.15) is 5.56 Å². The third-order valence-electron chi connectivity index (χ3n) is 3.90. The summed E-state index contributed by atoms with van der Waals surface area (Å²) in [5.41, 5.74) is 2.14. The van der Waals surface area contributed by atoms with Crippen LogP contribution in [0.3, 0.4) is 0 Å². The normalized spacial score (nSPS) is 11.2. The fraction of sp³-hybridized carbons (Fsp3) is 0.211. The predicted molar refractivity (Wildman–Crippen MR) is 93.5 cm³/mol. The van der Waals surface area contributed by atoms with Gasteiger partial charge in [0.2, 0.25) is 5.43 Å². The minimum Gasteiger partial charge on any atom is -0.507 e. The molecule has 0 saturated carbocycles. The molecule has 0 amide bonds. The Morgan fingerprint density at radius 1 is 1.12 bits per heavy atom. The molecule has 1 aromatic heterocycles. The Balaban J connectivity index is 2.17. The third kappa shape index (κ3) is 2.86. The number of aromatic hydroxyl groups is 1. The molecule has 3 aromatic rings. The zero-order valence-corrected chi connectivity index (χ0v) is 13.9. The van der Waals surface area contributed by atoms with Gasteiger partial charge in [0.15, 0.2) is 0 Å². The smallest absolute Gasteiger partial charge is 0.200 e. The molecule has 0 atom stereocenters. The maximum absolute atomic E-state index is 12.8. The molecule has 1 N–H and O–H groups in total. The second kappa shape index (κ2) is 6.37. The van der Waals surface area contributed by atoms with Crippen molar-refractivity contribution in [3.63, 3.8) is 0 Å². The third-order valence-corrected chi connectivity index (χ3v) is 3.90. The molecular weight excluding hydrogens is 306 g/mol. The number of fused-ring (bicyclic) bond motifs is 1. The van der Waals surface area contributed by atoms with Crippen molar-refractivity contribution in [2.24, 2.45) is 0 Å². The summed E-state index contributed by atoms with van der Waals surface area (Å²) in [5.74, 6) is 0.846. The average Bonchev–Trinajstić information content (AvgIpc) is 2.57. The van der Waals surface area contributed by atoms with Crippen LogP contribution in [0.5, 0.6) is 11.5 Å². The highest BCUT2D eigenvalue weighted by atomic mass is 16.5. The lowest BCUT2D eigenvalue weighted by Crippen LogP contribution is -2.12. The Morgan fingerprint density at radius 2 is 1.83 bits per heavy atom. The van der Waals surface area contributed by atoms with Crippen LogP contribution < -0.4 is 10.2 Å². The Hall–Kier alpha value is -2.79. The van der Waals surface area contributed by atoms with Crippen molar-refractivity contribution in [3.8, 4) is 22.6 Å². The molecule has 0 spiro atoms. The highest BCUT2D eigenvalue weighted by Gasteiger charge is 2.15. The van der Waals surface area contributed by atoms with Gasteiger partial charge in [-0.2, -0.15) is 0 Å². The van der Waals surface area contributed by atoms with Gasteiger partial charge in [-0.05, 0) is 43.9 Å². The zero-order chi connectivity index (χ0) is 17.3. The number of benzene rings is 2. The number of hydrogen-bond donors (Lipinski definition) is 1. The molecule has 0 aliphatic heterocycles. The monoisotopic (exact) mass is 325 g/mol. The number of ether oxygens (including phenoxy) is 1. The SMILES string of the molecule is COc1ccc(-c2coc3c(CN(C)C)c(O)ccc3c2=O)cc1. The van der Waals surface area contributed by atoms with E-state index in [1.807, 2.05) is 31.1 Å². The molecule has 0 unspecified atom stereocenters. The number of methoxy groups -OCH3 is 1. The standard InChI is InChI=1S/C19H19NO4/c1-20(2)10-15-17(21)9-8-14-18(22)16(11-24-19(14)15)12-4-6-13(23-3)7-5-12/h4-9,11,21H,10H2,1-3H3. The number of phenols is 1. The molecule has 0 fully saturated rings. The molecule has 0 radical (unpaired) electrons. The van der Waals surface area contributed by atoms with E-state index in [4.69, 9.17) is 9.15 Å². The number of hydrogen-bond acceptors (Lipinski definition) is 5. The van der Waals surface area contributed by atoms with Crippen LogP contribution in [0.15, 0.2) is 51.9 Å². The van der Waals surface area contributed by atoms with Crippen molar-refractivity contribution < 1.29 is 14.3 Å². The quantitative estimate of drug-likeness (QED) is 0.798. The van der Waals surface area contributed by atoms with E-state index in [0.29, 0.717) is 28.6 Å². The number of phenolic OH excluding ortho intramolecular Hbond substituents is 1. The van der Waals surface area contributed by atoms with E-state index in [0.717, 1.165) is 11.3 Å². The molecule has 5 heteroatoms. The first kappa shape index (κ1) is 16.1. The Morgan fingerprint density at radius 3 is 2.46 bits per heavy atom. The van der Waals surface area contributed by atoms with Crippen molar-refractivity contribution in [1.82, 2.24) is 4.90 Å². The van der Waals surface area contributed by atoms with E-state index < -0.39 is 0 Å². The van der Waals surface area contributed by atoms with E-state index in [9.17, 15) is 9.90 Å². The molecule has 0 saturated heterocycles. The van der Waals surface area contributed by atoms with Gasteiger partial charge in [0.1, 0.15) is 23.3 Å². The summed E-state index contributed by atoms with van der Waals surface area (Å²) in [7, 11) is 5.38. The minimum absolute atomic E-state index is 0.122. The molecule has 0 aliphatic carbocycles. The summed E-state index contributed by atoms with van der Waals surface area (Å²) in [5, 5.41) is 10.5. The first-order chi connectivity index (χ1) is 11.5. The molecular formula is C19H19NO4. The van der Waals surface area contributed by atoms with Crippen molar-refractivity contribution in [3.05, 3.63) is 58.4 Å². The van der Waals surface area contributed by atoms with E-state index in [2.05, 4.69) is 0 Å². The van der Waals surface area contributed by atoms with Gasteiger partial charge in [-0.3, -0.25) is 4.79 Å². The summed E-state index contributed by atoms with van der Waals surface area (Å²) in [6.07, 6.45) is 1.45. The van der Waals surface area contributed by atoms with Crippen molar-refractivity contribution in [2.75, 3.05) is 21.2 Å².